The van der Waals surface area contributed by atoms with E-state index in [1.165, 1.54) is 27.8 Å². The molecule has 1 aliphatic heterocycles. The molecule has 114 valence electrons. The molecule has 2 aromatic rings. The molecule has 0 bridgehead atoms. The molecular weight excluding hydrogens is 270 g/mol. The molecule has 1 N–H and O–H groups in total. The molecule has 0 atom stereocenters. The van der Waals surface area contributed by atoms with Crippen molar-refractivity contribution in [3.63, 3.8) is 0 Å². The zero-order valence-corrected chi connectivity index (χ0v) is 13.1. The minimum absolute atomic E-state index is 0.889. The number of ether oxygens (including phenoxy) is 1. The van der Waals surface area contributed by atoms with Gasteiger partial charge in [0.25, 0.3) is 0 Å². The molecule has 1 saturated heterocycles. The second-order valence-electron chi connectivity index (χ2n) is 5.57. The van der Waals surface area contributed by atoms with E-state index in [0.717, 1.165) is 32.7 Å². The van der Waals surface area contributed by atoms with Crippen LogP contribution in [0.25, 0.3) is 17.2 Å². The van der Waals surface area contributed by atoms with Crippen LogP contribution in [-0.2, 0) is 11.2 Å². The molecule has 4 rings (SSSR count). The minimum atomic E-state index is 0.889. The predicted octanol–water partition coefficient (Wildman–Crippen LogP) is 3.90. The van der Waals surface area contributed by atoms with Crippen LogP contribution in [0.2, 0.25) is 0 Å². The third-order valence-electron chi connectivity index (χ3n) is 4.08. The molecule has 2 nitrogen and oxygen atoms in total. The van der Waals surface area contributed by atoms with E-state index in [0.29, 0.717) is 0 Å². The molecule has 0 aromatic heterocycles. The number of morpholine rings is 1. The molecule has 1 aliphatic carbocycles. The van der Waals surface area contributed by atoms with Gasteiger partial charge in [-0.05, 0) is 41.2 Å². The largest absolute Gasteiger partial charge is 0.379 e. The zero-order chi connectivity index (χ0) is 15.2. The van der Waals surface area contributed by atoms with E-state index < -0.39 is 0 Å². The van der Waals surface area contributed by atoms with Gasteiger partial charge >= 0.3 is 0 Å². The zero-order valence-electron chi connectivity index (χ0n) is 13.1. The fourth-order valence-corrected chi connectivity index (χ4v) is 3.03. The highest BCUT2D eigenvalue weighted by Gasteiger charge is 2.18. The summed E-state index contributed by atoms with van der Waals surface area (Å²) >= 11 is 0. The van der Waals surface area contributed by atoms with Gasteiger partial charge in [0.2, 0.25) is 0 Å². The van der Waals surface area contributed by atoms with Crippen molar-refractivity contribution in [2.45, 2.75) is 13.3 Å². The molecule has 2 aromatic carbocycles. The lowest BCUT2D eigenvalue weighted by Crippen LogP contribution is -2.30. The van der Waals surface area contributed by atoms with Gasteiger partial charge in [-0.1, -0.05) is 54.6 Å². The van der Waals surface area contributed by atoms with Gasteiger partial charge in [0, 0.05) is 13.1 Å². The summed E-state index contributed by atoms with van der Waals surface area (Å²) in [6, 6.07) is 15.3. The summed E-state index contributed by atoms with van der Waals surface area (Å²) in [5.41, 5.74) is 7.10. The maximum Gasteiger partial charge on any atom is 0.0591 e. The summed E-state index contributed by atoms with van der Waals surface area (Å²) in [6.45, 7) is 5.90. The van der Waals surface area contributed by atoms with Gasteiger partial charge in [0.05, 0.1) is 13.2 Å². The first kappa shape index (κ1) is 15.0. The lowest BCUT2D eigenvalue weighted by molar-refractivity contribution is 0.109. The summed E-state index contributed by atoms with van der Waals surface area (Å²) in [6.07, 6.45) is 5.38. The predicted molar refractivity (Wildman–Crippen MR) is 93.1 cm³/mol. The Morgan fingerprint density at radius 1 is 0.955 bits per heavy atom. The minimum Gasteiger partial charge on any atom is -0.379 e. The van der Waals surface area contributed by atoms with Crippen molar-refractivity contribution in [2.24, 2.45) is 0 Å². The van der Waals surface area contributed by atoms with Crippen LogP contribution < -0.4 is 5.32 Å². The van der Waals surface area contributed by atoms with Crippen molar-refractivity contribution in [3.05, 3.63) is 65.2 Å². The van der Waals surface area contributed by atoms with Crippen LogP contribution in [0, 0.1) is 0 Å². The summed E-state index contributed by atoms with van der Waals surface area (Å²) in [7, 11) is 0. The van der Waals surface area contributed by atoms with Crippen LogP contribution >= 0.6 is 0 Å². The van der Waals surface area contributed by atoms with Crippen molar-refractivity contribution >= 4 is 6.08 Å². The average Bonchev–Trinajstić information content (AvgIpc) is 2.97. The summed E-state index contributed by atoms with van der Waals surface area (Å²) in [5, 5.41) is 3.16. The molecule has 2 heteroatoms. The molecule has 0 unspecified atom stereocenters. The number of allylic oxidation sites excluding steroid dienone is 1. The van der Waals surface area contributed by atoms with Gasteiger partial charge in [0.15, 0.2) is 0 Å². The number of hydrogen-bond acceptors (Lipinski definition) is 2. The molecule has 1 fully saturated rings. The number of fused-ring (bicyclic) bond motifs is 3. The van der Waals surface area contributed by atoms with Crippen molar-refractivity contribution in [2.75, 3.05) is 26.3 Å². The molecule has 2 aliphatic rings. The average molecular weight is 293 g/mol. The Labute approximate surface area is 132 Å². The molecule has 0 radical (unpaired) electrons. The highest BCUT2D eigenvalue weighted by Crippen LogP contribution is 2.38. The Balaban J connectivity index is 0.000000202. The van der Waals surface area contributed by atoms with Gasteiger partial charge in [-0.15, -0.1) is 0 Å². The summed E-state index contributed by atoms with van der Waals surface area (Å²) < 4.78 is 5.01. The van der Waals surface area contributed by atoms with E-state index in [4.69, 9.17) is 4.74 Å². The van der Waals surface area contributed by atoms with E-state index in [-0.39, 0.29) is 0 Å². The number of hydrogen-bond donors (Lipinski definition) is 1. The monoisotopic (exact) mass is 293 g/mol. The van der Waals surface area contributed by atoms with E-state index in [1.54, 1.807) is 0 Å². The number of rotatable bonds is 1. The number of nitrogens with one attached hydrogen (secondary N) is 1. The van der Waals surface area contributed by atoms with Gasteiger partial charge in [-0.2, -0.15) is 0 Å². The Morgan fingerprint density at radius 3 is 2.41 bits per heavy atom. The van der Waals surface area contributed by atoms with Gasteiger partial charge in [-0.25, -0.2) is 0 Å². The topological polar surface area (TPSA) is 21.3 Å². The summed E-state index contributed by atoms with van der Waals surface area (Å²) in [5.74, 6) is 0. The van der Waals surface area contributed by atoms with E-state index in [2.05, 4.69) is 66.9 Å². The second-order valence-corrected chi connectivity index (χ2v) is 5.57. The molecule has 0 amide bonds. The Morgan fingerprint density at radius 2 is 1.73 bits per heavy atom. The van der Waals surface area contributed by atoms with E-state index in [1.807, 2.05) is 0 Å². The van der Waals surface area contributed by atoms with Gasteiger partial charge in [-0.3, -0.25) is 0 Å². The van der Waals surface area contributed by atoms with Crippen LogP contribution in [0.1, 0.15) is 23.6 Å². The van der Waals surface area contributed by atoms with Crippen molar-refractivity contribution in [3.8, 4) is 11.1 Å². The van der Waals surface area contributed by atoms with Crippen LogP contribution in [0.4, 0.5) is 0 Å². The second kappa shape index (κ2) is 7.39. The Kier molecular flexibility index (Phi) is 5.04. The van der Waals surface area contributed by atoms with E-state index >= 15 is 0 Å². The van der Waals surface area contributed by atoms with Crippen LogP contribution in [0.3, 0.4) is 0 Å². The first-order valence-corrected chi connectivity index (χ1v) is 8.01. The van der Waals surface area contributed by atoms with Gasteiger partial charge in [0.1, 0.15) is 0 Å². The first-order valence-electron chi connectivity index (χ1n) is 8.01. The van der Waals surface area contributed by atoms with Crippen LogP contribution in [0.5, 0.6) is 0 Å². The quantitative estimate of drug-likeness (QED) is 0.735. The fraction of sp³-hybridized carbons (Fsp3) is 0.300. The third kappa shape index (κ3) is 3.29. The van der Waals surface area contributed by atoms with Crippen molar-refractivity contribution < 1.29 is 4.74 Å². The molecule has 0 saturated carbocycles. The molecular formula is C20H23NO. The van der Waals surface area contributed by atoms with Gasteiger partial charge < -0.3 is 10.1 Å². The highest BCUT2D eigenvalue weighted by molar-refractivity contribution is 5.80. The lowest BCUT2D eigenvalue weighted by atomic mass is 10.0. The number of benzene rings is 2. The fourth-order valence-electron chi connectivity index (χ4n) is 3.03. The van der Waals surface area contributed by atoms with E-state index in [9.17, 15) is 0 Å². The normalized spacial score (nSPS) is 15.9. The molecule has 0 spiro atoms. The van der Waals surface area contributed by atoms with Crippen LogP contribution in [0.15, 0.2) is 48.5 Å². The maximum absolute atomic E-state index is 5.01. The SMILES string of the molecule is C1COCCN1.CC=Cc1cccc2c1Cc1ccccc1-2. The standard InChI is InChI=1S/C16H14.C4H9NO/c1-2-6-12-8-5-10-15-14-9-4-3-7-13(14)11-16(12)15;1-3-6-4-2-5-1/h2-10H,11H2,1H3;5H,1-4H2. The molecule has 22 heavy (non-hydrogen) atoms. The Bertz CT molecular complexity index is 645. The highest BCUT2D eigenvalue weighted by atomic mass is 16.5. The Hall–Kier alpha value is -1.90. The maximum atomic E-state index is 5.01. The van der Waals surface area contributed by atoms with Crippen molar-refractivity contribution in [1.82, 2.24) is 5.32 Å². The summed E-state index contributed by atoms with van der Waals surface area (Å²) in [4.78, 5) is 0. The van der Waals surface area contributed by atoms with Crippen LogP contribution in [-0.4, -0.2) is 26.3 Å². The third-order valence-corrected chi connectivity index (χ3v) is 4.08. The lowest BCUT2D eigenvalue weighted by Gasteiger charge is -2.10. The van der Waals surface area contributed by atoms with Crippen molar-refractivity contribution in [1.29, 1.82) is 0 Å². The molecule has 1 heterocycles. The smallest absolute Gasteiger partial charge is 0.0591 e. The first-order chi connectivity index (χ1) is 10.9.